The fourth-order valence-corrected chi connectivity index (χ4v) is 4.83. The van der Waals surface area contributed by atoms with Crippen molar-refractivity contribution in [2.45, 2.75) is 26.4 Å². The van der Waals surface area contributed by atoms with Gasteiger partial charge in [0.05, 0.1) is 6.20 Å². The molecule has 0 saturated carbocycles. The van der Waals surface area contributed by atoms with E-state index in [2.05, 4.69) is 48.1 Å². The Bertz CT molecular complexity index is 1390. The van der Waals surface area contributed by atoms with Gasteiger partial charge in [0.2, 0.25) is 5.91 Å². The molecule has 1 aliphatic heterocycles. The topological polar surface area (TPSA) is 63.4 Å². The van der Waals surface area contributed by atoms with Crippen molar-refractivity contribution < 1.29 is 4.79 Å². The second kappa shape index (κ2) is 7.82. The van der Waals surface area contributed by atoms with E-state index >= 15 is 0 Å². The van der Waals surface area contributed by atoms with E-state index in [9.17, 15) is 9.59 Å². The van der Waals surface area contributed by atoms with Crippen molar-refractivity contribution in [2.24, 2.45) is 7.05 Å². The number of para-hydroxylation sites is 1. The van der Waals surface area contributed by atoms with Crippen LogP contribution in [0.2, 0.25) is 0 Å². The molecule has 7 heteroatoms. The lowest BCUT2D eigenvalue weighted by Crippen LogP contribution is -2.54. The number of fused-ring (bicyclic) bond motifs is 3. The molecule has 0 radical (unpaired) electrons. The summed E-state index contributed by atoms with van der Waals surface area (Å²) in [6, 6.07) is 16.5. The number of aromatic nitrogens is 3. The highest BCUT2D eigenvalue weighted by molar-refractivity contribution is 6.07. The van der Waals surface area contributed by atoms with Crippen molar-refractivity contribution in [1.29, 1.82) is 0 Å². The number of carbonyl (C=O) groups is 1. The Morgan fingerprint density at radius 3 is 2.69 bits per heavy atom. The summed E-state index contributed by atoms with van der Waals surface area (Å²) in [7, 11) is 1.88. The van der Waals surface area contributed by atoms with Crippen LogP contribution in [-0.2, 0) is 18.4 Å². The number of rotatable bonds is 3. The quantitative estimate of drug-likeness (QED) is 0.502. The van der Waals surface area contributed by atoms with Crippen molar-refractivity contribution >= 4 is 33.4 Å². The molecular weight excluding hydrogens is 402 g/mol. The Morgan fingerprint density at radius 2 is 1.91 bits per heavy atom. The molecule has 7 nitrogen and oxygen atoms in total. The smallest absolute Gasteiger partial charge is 0.291 e. The summed E-state index contributed by atoms with van der Waals surface area (Å²) in [6.45, 7) is 6.19. The van der Waals surface area contributed by atoms with Gasteiger partial charge in [-0.25, -0.2) is 4.68 Å². The highest BCUT2D eigenvalue weighted by atomic mass is 16.2. The van der Waals surface area contributed by atoms with E-state index in [1.807, 2.05) is 40.8 Å². The molecule has 2 aromatic heterocycles. The molecule has 1 saturated heterocycles. The van der Waals surface area contributed by atoms with Crippen LogP contribution in [0.3, 0.4) is 0 Å². The Morgan fingerprint density at radius 1 is 1.09 bits per heavy atom. The van der Waals surface area contributed by atoms with E-state index in [1.165, 1.54) is 15.9 Å². The Hall–Kier alpha value is -3.61. The maximum absolute atomic E-state index is 13.2. The zero-order valence-corrected chi connectivity index (χ0v) is 18.7. The number of carbonyl (C=O) groups excluding carboxylic acids is 1. The Kier molecular flexibility index (Phi) is 4.96. The molecule has 0 spiro atoms. The molecule has 1 aliphatic rings. The lowest BCUT2D eigenvalue weighted by Gasteiger charge is -2.41. The normalized spacial score (nSPS) is 16.8. The van der Waals surface area contributed by atoms with Gasteiger partial charge in [-0.05, 0) is 37.6 Å². The summed E-state index contributed by atoms with van der Waals surface area (Å²) in [5.41, 5.74) is 3.73. The number of benzene rings is 2. The summed E-state index contributed by atoms with van der Waals surface area (Å²) < 4.78 is 3.18. The fraction of sp³-hybridized carbons (Fsp3) is 0.320. The first kappa shape index (κ1) is 20.3. The average Bonchev–Trinajstić information content (AvgIpc) is 3.08. The zero-order valence-electron chi connectivity index (χ0n) is 18.7. The second-order valence-electron chi connectivity index (χ2n) is 8.67. The van der Waals surface area contributed by atoms with Gasteiger partial charge in [0.1, 0.15) is 12.1 Å². The molecule has 4 aromatic rings. The van der Waals surface area contributed by atoms with Gasteiger partial charge in [-0.2, -0.15) is 5.10 Å². The number of hydrogen-bond acceptors (Lipinski definition) is 4. The van der Waals surface area contributed by atoms with Crippen LogP contribution in [0.15, 0.2) is 59.5 Å². The van der Waals surface area contributed by atoms with Gasteiger partial charge in [-0.3, -0.25) is 9.59 Å². The molecule has 0 unspecified atom stereocenters. The molecule has 2 aromatic carbocycles. The van der Waals surface area contributed by atoms with Gasteiger partial charge in [0.15, 0.2) is 0 Å². The van der Waals surface area contributed by atoms with Crippen LogP contribution >= 0.6 is 0 Å². The first-order chi connectivity index (χ1) is 15.4. The first-order valence-corrected chi connectivity index (χ1v) is 11.0. The number of amides is 1. The number of hydrogen-bond donors (Lipinski definition) is 0. The molecule has 1 amide bonds. The summed E-state index contributed by atoms with van der Waals surface area (Å²) in [5.74, 6) is -0.0755. The highest BCUT2D eigenvalue weighted by Crippen LogP contribution is 2.25. The van der Waals surface area contributed by atoms with Crippen LogP contribution in [0, 0.1) is 6.92 Å². The Labute approximate surface area is 186 Å². The van der Waals surface area contributed by atoms with Gasteiger partial charge in [-0.15, -0.1) is 0 Å². The van der Waals surface area contributed by atoms with Crippen molar-refractivity contribution in [2.75, 3.05) is 24.5 Å². The van der Waals surface area contributed by atoms with Crippen LogP contribution in [0.1, 0.15) is 12.5 Å². The number of aryl methyl sites for hydroxylation is 2. The minimum absolute atomic E-state index is 0.0482. The second-order valence-corrected chi connectivity index (χ2v) is 8.67. The molecular formula is C25H27N5O2. The highest BCUT2D eigenvalue weighted by Gasteiger charge is 2.27. The lowest BCUT2D eigenvalue weighted by atomic mass is 10.1. The minimum Gasteiger partial charge on any atom is -0.365 e. The molecule has 3 heterocycles. The van der Waals surface area contributed by atoms with Crippen molar-refractivity contribution in [1.82, 2.24) is 19.2 Å². The summed E-state index contributed by atoms with van der Waals surface area (Å²) >= 11 is 0. The van der Waals surface area contributed by atoms with Gasteiger partial charge in [0.25, 0.3) is 5.56 Å². The van der Waals surface area contributed by atoms with Crippen LogP contribution < -0.4 is 10.5 Å². The Balaban J connectivity index is 1.36. The molecule has 0 aliphatic carbocycles. The third-order valence-corrected chi connectivity index (χ3v) is 6.51. The standard InChI is InChI=1S/C25H27N5O2/c1-17-7-6-8-19(13-17)29-12-11-28(15-18(29)2)23(31)16-30-25(32)24-21(14-26-30)20-9-4-5-10-22(20)27(24)3/h4-10,13-14,18H,11-12,15-16H2,1-3H3/t18-/m0/s1. The largest absolute Gasteiger partial charge is 0.365 e. The summed E-state index contributed by atoms with van der Waals surface area (Å²) in [4.78, 5) is 30.4. The van der Waals surface area contributed by atoms with E-state index in [0.717, 1.165) is 22.8 Å². The van der Waals surface area contributed by atoms with Crippen LogP contribution in [0.4, 0.5) is 5.69 Å². The summed E-state index contributed by atoms with van der Waals surface area (Å²) in [6.07, 6.45) is 1.70. The average molecular weight is 430 g/mol. The van der Waals surface area contributed by atoms with Crippen LogP contribution in [0.5, 0.6) is 0 Å². The molecule has 5 rings (SSSR count). The van der Waals surface area contributed by atoms with Crippen LogP contribution in [-0.4, -0.2) is 50.8 Å². The minimum atomic E-state index is -0.235. The van der Waals surface area contributed by atoms with E-state index in [1.54, 1.807) is 6.20 Å². The SMILES string of the molecule is Cc1cccc(N2CCN(C(=O)Cn3ncc4c5ccccc5n(C)c4c3=O)C[C@@H]2C)c1. The van der Waals surface area contributed by atoms with Crippen molar-refractivity contribution in [3.05, 3.63) is 70.6 Å². The molecule has 164 valence electrons. The third-order valence-electron chi connectivity index (χ3n) is 6.51. The molecule has 1 atom stereocenters. The maximum Gasteiger partial charge on any atom is 0.291 e. The first-order valence-electron chi connectivity index (χ1n) is 11.0. The summed E-state index contributed by atoms with van der Waals surface area (Å²) in [5, 5.41) is 6.14. The van der Waals surface area contributed by atoms with Crippen molar-refractivity contribution in [3.8, 4) is 0 Å². The third kappa shape index (κ3) is 3.34. The van der Waals surface area contributed by atoms with Gasteiger partial charge < -0.3 is 14.4 Å². The van der Waals surface area contributed by atoms with Crippen molar-refractivity contribution in [3.63, 3.8) is 0 Å². The zero-order chi connectivity index (χ0) is 22.4. The maximum atomic E-state index is 13.2. The molecule has 32 heavy (non-hydrogen) atoms. The van der Waals surface area contributed by atoms with Gasteiger partial charge >= 0.3 is 0 Å². The van der Waals surface area contributed by atoms with E-state index in [-0.39, 0.29) is 24.1 Å². The lowest BCUT2D eigenvalue weighted by molar-refractivity contribution is -0.132. The van der Waals surface area contributed by atoms with Gasteiger partial charge in [-0.1, -0.05) is 30.3 Å². The molecule has 0 bridgehead atoms. The molecule has 0 N–H and O–H groups in total. The predicted octanol–water partition coefficient (Wildman–Crippen LogP) is 2.93. The predicted molar refractivity (Wildman–Crippen MR) is 127 cm³/mol. The van der Waals surface area contributed by atoms with E-state index in [0.29, 0.717) is 18.6 Å². The fourth-order valence-electron chi connectivity index (χ4n) is 4.83. The number of anilines is 1. The van der Waals surface area contributed by atoms with Gasteiger partial charge in [0, 0.05) is 54.7 Å². The van der Waals surface area contributed by atoms with E-state index in [4.69, 9.17) is 0 Å². The number of piperazine rings is 1. The molecule has 1 fully saturated rings. The number of nitrogens with zero attached hydrogens (tertiary/aromatic N) is 5. The van der Waals surface area contributed by atoms with Crippen LogP contribution in [0.25, 0.3) is 21.8 Å². The van der Waals surface area contributed by atoms with E-state index < -0.39 is 0 Å². The monoisotopic (exact) mass is 429 g/mol.